The van der Waals surface area contributed by atoms with Crippen LogP contribution in [0.2, 0.25) is 0 Å². The smallest absolute Gasteiger partial charge is 0.123 e. The highest BCUT2D eigenvalue weighted by atomic mass is 19.1. The van der Waals surface area contributed by atoms with Crippen molar-refractivity contribution in [1.82, 2.24) is 4.90 Å². The van der Waals surface area contributed by atoms with E-state index in [2.05, 4.69) is 18.9 Å². The van der Waals surface area contributed by atoms with Crippen LogP contribution < -0.4 is 0 Å². The summed E-state index contributed by atoms with van der Waals surface area (Å²) in [7, 11) is 2.18. The average molecular weight is 247 g/mol. The van der Waals surface area contributed by atoms with E-state index in [1.54, 1.807) is 23.3 Å². The molecule has 18 heavy (non-hydrogen) atoms. The minimum Gasteiger partial charge on any atom is -0.302 e. The lowest BCUT2D eigenvalue weighted by atomic mass is 9.95. The van der Waals surface area contributed by atoms with E-state index < -0.39 is 0 Å². The van der Waals surface area contributed by atoms with Gasteiger partial charge in [0.15, 0.2) is 0 Å². The lowest BCUT2D eigenvalue weighted by Crippen LogP contribution is -2.27. The van der Waals surface area contributed by atoms with Crippen molar-refractivity contribution in [2.24, 2.45) is 0 Å². The molecule has 1 aliphatic rings. The zero-order valence-corrected chi connectivity index (χ0v) is 11.4. The Morgan fingerprint density at radius 1 is 1.17 bits per heavy atom. The van der Waals surface area contributed by atoms with Gasteiger partial charge in [-0.05, 0) is 57.4 Å². The maximum atomic E-state index is 12.8. The summed E-state index contributed by atoms with van der Waals surface area (Å²) in [5.41, 5.74) is 4.42. The van der Waals surface area contributed by atoms with Gasteiger partial charge in [0.2, 0.25) is 0 Å². The monoisotopic (exact) mass is 247 g/mol. The second kappa shape index (κ2) is 6.14. The third-order valence-electron chi connectivity index (χ3n) is 3.76. The van der Waals surface area contributed by atoms with Crippen LogP contribution in [0.15, 0.2) is 35.4 Å². The van der Waals surface area contributed by atoms with Crippen molar-refractivity contribution in [3.8, 4) is 0 Å². The number of nitrogens with zero attached hydrogens (tertiary/aromatic N) is 1. The second-order valence-electron chi connectivity index (χ2n) is 5.35. The molecule has 0 unspecified atom stereocenters. The summed E-state index contributed by atoms with van der Waals surface area (Å²) in [6.45, 7) is 4.55. The van der Waals surface area contributed by atoms with Gasteiger partial charge >= 0.3 is 0 Å². The molecule has 1 aliphatic heterocycles. The SMILES string of the molecule is CC1=C(CCCc2ccc(F)cc2)CCN(C)C1. The fourth-order valence-corrected chi connectivity index (χ4v) is 2.63. The molecule has 0 saturated heterocycles. The molecule has 2 heteroatoms. The normalized spacial score (nSPS) is 17.3. The molecule has 0 saturated carbocycles. The van der Waals surface area contributed by atoms with Crippen LogP contribution in [-0.4, -0.2) is 25.0 Å². The first-order valence-corrected chi connectivity index (χ1v) is 6.75. The molecular formula is C16H22FN. The van der Waals surface area contributed by atoms with Crippen molar-refractivity contribution in [3.05, 3.63) is 46.8 Å². The quantitative estimate of drug-likeness (QED) is 0.731. The summed E-state index contributed by atoms with van der Waals surface area (Å²) in [4.78, 5) is 2.37. The number of benzene rings is 1. The van der Waals surface area contributed by atoms with Gasteiger partial charge < -0.3 is 4.90 Å². The Hall–Kier alpha value is -1.15. The zero-order valence-electron chi connectivity index (χ0n) is 11.4. The van der Waals surface area contributed by atoms with Gasteiger partial charge in [0.05, 0.1) is 0 Å². The lowest BCUT2D eigenvalue weighted by Gasteiger charge is -2.26. The molecule has 0 amide bonds. The lowest BCUT2D eigenvalue weighted by molar-refractivity contribution is 0.344. The fraction of sp³-hybridized carbons (Fsp3) is 0.500. The van der Waals surface area contributed by atoms with Crippen LogP contribution in [0, 0.1) is 5.82 Å². The number of rotatable bonds is 4. The predicted octanol–water partition coefficient (Wildman–Crippen LogP) is 3.80. The maximum Gasteiger partial charge on any atom is 0.123 e. The summed E-state index contributed by atoms with van der Waals surface area (Å²) in [6, 6.07) is 6.89. The van der Waals surface area contributed by atoms with Crippen molar-refractivity contribution < 1.29 is 4.39 Å². The third-order valence-corrected chi connectivity index (χ3v) is 3.76. The van der Waals surface area contributed by atoms with Gasteiger partial charge in [-0.1, -0.05) is 23.3 Å². The molecule has 1 aromatic carbocycles. The molecule has 0 fully saturated rings. The minimum absolute atomic E-state index is 0.146. The van der Waals surface area contributed by atoms with E-state index in [9.17, 15) is 4.39 Å². The van der Waals surface area contributed by atoms with Crippen LogP contribution in [0.3, 0.4) is 0 Å². The van der Waals surface area contributed by atoms with E-state index in [1.165, 1.54) is 31.4 Å². The molecule has 1 heterocycles. The van der Waals surface area contributed by atoms with Crippen LogP contribution in [0.4, 0.5) is 4.39 Å². The molecule has 0 aliphatic carbocycles. The summed E-state index contributed by atoms with van der Waals surface area (Å²) >= 11 is 0. The first-order valence-electron chi connectivity index (χ1n) is 6.75. The van der Waals surface area contributed by atoms with Crippen molar-refractivity contribution in [1.29, 1.82) is 0 Å². The van der Waals surface area contributed by atoms with Crippen molar-refractivity contribution >= 4 is 0 Å². The highest BCUT2D eigenvalue weighted by Gasteiger charge is 2.12. The number of likely N-dealkylation sites (N-methyl/N-ethyl adjacent to an activating group) is 1. The van der Waals surface area contributed by atoms with Gasteiger partial charge in [0, 0.05) is 13.1 Å². The van der Waals surface area contributed by atoms with Crippen molar-refractivity contribution in [2.45, 2.75) is 32.6 Å². The molecule has 1 aromatic rings. The van der Waals surface area contributed by atoms with Gasteiger partial charge in [0.25, 0.3) is 0 Å². The topological polar surface area (TPSA) is 3.24 Å². The Balaban J connectivity index is 1.82. The summed E-state index contributed by atoms with van der Waals surface area (Å²) in [6.07, 6.45) is 4.62. The molecule has 1 nitrogen and oxygen atoms in total. The van der Waals surface area contributed by atoms with E-state index in [0.29, 0.717) is 0 Å². The van der Waals surface area contributed by atoms with Crippen molar-refractivity contribution in [2.75, 3.05) is 20.1 Å². The maximum absolute atomic E-state index is 12.8. The number of hydrogen-bond acceptors (Lipinski definition) is 1. The van der Waals surface area contributed by atoms with Gasteiger partial charge in [-0.3, -0.25) is 0 Å². The van der Waals surface area contributed by atoms with Gasteiger partial charge in [-0.25, -0.2) is 4.39 Å². The van der Waals surface area contributed by atoms with Crippen LogP contribution in [0.5, 0.6) is 0 Å². The van der Waals surface area contributed by atoms with Crippen LogP contribution in [0.25, 0.3) is 0 Å². The fourth-order valence-electron chi connectivity index (χ4n) is 2.63. The Morgan fingerprint density at radius 2 is 1.89 bits per heavy atom. The summed E-state index contributed by atoms with van der Waals surface area (Å²) in [5, 5.41) is 0. The molecule has 0 spiro atoms. The molecule has 0 N–H and O–H groups in total. The third kappa shape index (κ3) is 3.67. The number of halogens is 1. The number of aryl methyl sites for hydroxylation is 1. The zero-order chi connectivity index (χ0) is 13.0. The molecule has 98 valence electrons. The Bertz CT molecular complexity index is 419. The highest BCUT2D eigenvalue weighted by molar-refractivity contribution is 5.19. The van der Waals surface area contributed by atoms with E-state index >= 15 is 0 Å². The average Bonchev–Trinajstić information content (AvgIpc) is 2.34. The molecular weight excluding hydrogens is 225 g/mol. The van der Waals surface area contributed by atoms with Gasteiger partial charge in [0.1, 0.15) is 5.82 Å². The van der Waals surface area contributed by atoms with E-state index in [-0.39, 0.29) is 5.82 Å². The predicted molar refractivity (Wildman–Crippen MR) is 74.2 cm³/mol. The van der Waals surface area contributed by atoms with Crippen LogP contribution in [0.1, 0.15) is 31.7 Å². The Morgan fingerprint density at radius 3 is 2.56 bits per heavy atom. The molecule has 0 radical (unpaired) electrons. The first-order chi connectivity index (χ1) is 8.65. The van der Waals surface area contributed by atoms with E-state index in [4.69, 9.17) is 0 Å². The summed E-state index contributed by atoms with van der Waals surface area (Å²) in [5.74, 6) is -0.146. The Labute approximate surface area is 109 Å². The number of hydrogen-bond donors (Lipinski definition) is 0. The standard InChI is InChI=1S/C16H22FN/c1-13-12-18(2)11-10-15(13)5-3-4-14-6-8-16(17)9-7-14/h6-9H,3-5,10-12H2,1-2H3. The van der Waals surface area contributed by atoms with E-state index in [0.717, 1.165) is 13.0 Å². The minimum atomic E-state index is -0.146. The van der Waals surface area contributed by atoms with E-state index in [1.807, 2.05) is 12.1 Å². The molecule has 0 atom stereocenters. The molecule has 2 rings (SSSR count). The molecule has 0 bridgehead atoms. The summed E-state index contributed by atoms with van der Waals surface area (Å²) < 4.78 is 12.8. The highest BCUT2D eigenvalue weighted by Crippen LogP contribution is 2.21. The second-order valence-corrected chi connectivity index (χ2v) is 5.35. The van der Waals surface area contributed by atoms with Crippen LogP contribution >= 0.6 is 0 Å². The van der Waals surface area contributed by atoms with Gasteiger partial charge in [-0.2, -0.15) is 0 Å². The molecule has 0 aromatic heterocycles. The first kappa shape index (κ1) is 13.3. The van der Waals surface area contributed by atoms with Crippen LogP contribution in [-0.2, 0) is 6.42 Å². The van der Waals surface area contributed by atoms with Crippen molar-refractivity contribution in [3.63, 3.8) is 0 Å². The largest absolute Gasteiger partial charge is 0.302 e. The van der Waals surface area contributed by atoms with Gasteiger partial charge in [-0.15, -0.1) is 0 Å². The Kier molecular flexibility index (Phi) is 4.54.